The minimum atomic E-state index is -0.0782. The summed E-state index contributed by atoms with van der Waals surface area (Å²) in [5.41, 5.74) is 2.36. The highest BCUT2D eigenvalue weighted by Gasteiger charge is 2.25. The molecule has 6 heteroatoms. The highest BCUT2D eigenvalue weighted by atomic mass is 16.5. The summed E-state index contributed by atoms with van der Waals surface area (Å²) in [6, 6.07) is 14.9. The molecule has 0 saturated carbocycles. The summed E-state index contributed by atoms with van der Waals surface area (Å²) in [5, 5.41) is 2.91. The number of carbonyl (C=O) groups excluding carboxylic acids is 2. The lowest BCUT2D eigenvalue weighted by molar-refractivity contribution is -0.856. The first-order valence-corrected chi connectivity index (χ1v) is 8.73. The van der Waals surface area contributed by atoms with E-state index in [1.165, 1.54) is 4.90 Å². The van der Waals surface area contributed by atoms with Gasteiger partial charge in [-0.3, -0.25) is 9.59 Å². The molecule has 3 rings (SSSR count). The van der Waals surface area contributed by atoms with Crippen molar-refractivity contribution in [1.29, 1.82) is 0 Å². The van der Waals surface area contributed by atoms with Gasteiger partial charge in [0.15, 0.2) is 6.61 Å². The van der Waals surface area contributed by atoms with Crippen molar-refractivity contribution in [3.8, 4) is 5.75 Å². The molecule has 0 bridgehead atoms. The zero-order valence-corrected chi connectivity index (χ0v) is 15.1. The van der Waals surface area contributed by atoms with Gasteiger partial charge < -0.3 is 19.9 Å². The van der Waals surface area contributed by atoms with Crippen molar-refractivity contribution >= 4 is 17.5 Å². The van der Waals surface area contributed by atoms with Crippen LogP contribution >= 0.6 is 0 Å². The quantitative estimate of drug-likeness (QED) is 0.794. The third-order valence-corrected chi connectivity index (χ3v) is 4.28. The molecule has 0 fully saturated rings. The number of carbonyl (C=O) groups is 2. The zero-order chi connectivity index (χ0) is 18.5. The maximum absolute atomic E-state index is 12.2. The van der Waals surface area contributed by atoms with Crippen molar-refractivity contribution < 1.29 is 19.2 Å². The van der Waals surface area contributed by atoms with Crippen LogP contribution in [0.1, 0.15) is 15.9 Å². The summed E-state index contributed by atoms with van der Waals surface area (Å²) in [7, 11) is 4.10. The minimum absolute atomic E-state index is 0.0470. The Labute approximate surface area is 153 Å². The van der Waals surface area contributed by atoms with Crippen LogP contribution < -0.4 is 19.9 Å². The molecular weight excluding hydrogens is 330 g/mol. The normalized spacial score (nSPS) is 13.3. The Bertz CT molecular complexity index is 787. The predicted molar refractivity (Wildman–Crippen MR) is 99.6 cm³/mol. The number of benzene rings is 2. The number of nitrogens with one attached hydrogen (secondary N) is 2. The number of hydrogen-bond donors (Lipinski definition) is 2. The molecule has 6 nitrogen and oxygen atoms in total. The molecule has 0 aromatic heterocycles. The van der Waals surface area contributed by atoms with E-state index in [1.807, 2.05) is 50.5 Å². The van der Waals surface area contributed by atoms with Crippen LogP contribution in [0.3, 0.4) is 0 Å². The third kappa shape index (κ3) is 4.21. The third-order valence-electron chi connectivity index (χ3n) is 4.28. The fourth-order valence-corrected chi connectivity index (χ4v) is 2.80. The summed E-state index contributed by atoms with van der Waals surface area (Å²) in [6.45, 7) is 2.01. The lowest BCUT2D eigenvalue weighted by Gasteiger charge is -2.29. The molecule has 0 radical (unpaired) electrons. The van der Waals surface area contributed by atoms with Gasteiger partial charge in [-0.25, -0.2) is 0 Å². The van der Waals surface area contributed by atoms with Crippen molar-refractivity contribution in [2.24, 2.45) is 0 Å². The number of para-hydroxylation sites is 2. The number of likely N-dealkylation sites (N-methyl/N-ethyl adjacent to an activating group) is 1. The van der Waals surface area contributed by atoms with Crippen LogP contribution in [-0.4, -0.2) is 45.6 Å². The van der Waals surface area contributed by atoms with Crippen molar-refractivity contribution in [2.75, 3.05) is 38.7 Å². The van der Waals surface area contributed by atoms with Gasteiger partial charge in [0.1, 0.15) is 5.75 Å². The number of quaternary nitrogens is 1. The van der Waals surface area contributed by atoms with Crippen LogP contribution in [0.25, 0.3) is 0 Å². The maximum atomic E-state index is 12.2. The largest absolute Gasteiger partial charge is 0.482 e. The fourth-order valence-electron chi connectivity index (χ4n) is 2.80. The molecule has 2 aromatic carbocycles. The standard InChI is InChI=1S/C20H23N3O3/c1-22(2)12-11-21-20(25)16-9-7-15(8-10-16)13-23-17-5-3-4-6-18(17)26-14-19(23)24/h3-10H,11-14H2,1-2H3,(H,21,25)/p+1. The Hall–Kier alpha value is -2.86. The highest BCUT2D eigenvalue weighted by molar-refractivity contribution is 5.98. The molecule has 26 heavy (non-hydrogen) atoms. The van der Waals surface area contributed by atoms with Crippen LogP contribution in [0, 0.1) is 0 Å². The summed E-state index contributed by atoms with van der Waals surface area (Å²) in [6.07, 6.45) is 0. The number of nitrogens with zero attached hydrogens (tertiary/aromatic N) is 1. The summed E-state index contributed by atoms with van der Waals surface area (Å²) in [4.78, 5) is 27.4. The summed E-state index contributed by atoms with van der Waals surface area (Å²) >= 11 is 0. The molecule has 2 aromatic rings. The molecule has 0 unspecified atom stereocenters. The van der Waals surface area contributed by atoms with Gasteiger partial charge in [-0.05, 0) is 29.8 Å². The number of hydrogen-bond acceptors (Lipinski definition) is 3. The molecule has 0 aliphatic carbocycles. The van der Waals surface area contributed by atoms with Crippen LogP contribution in [0.4, 0.5) is 5.69 Å². The smallest absolute Gasteiger partial charge is 0.265 e. The van der Waals surface area contributed by atoms with Crippen LogP contribution in [0.5, 0.6) is 5.75 Å². The van der Waals surface area contributed by atoms with Gasteiger partial charge in [0, 0.05) is 5.56 Å². The maximum Gasteiger partial charge on any atom is 0.265 e. The predicted octanol–water partition coefficient (Wildman–Crippen LogP) is 0.487. The fraction of sp³-hybridized carbons (Fsp3) is 0.300. The Kier molecular flexibility index (Phi) is 5.53. The molecule has 1 aliphatic heterocycles. The van der Waals surface area contributed by atoms with Crippen LogP contribution in [0.15, 0.2) is 48.5 Å². The Morgan fingerprint density at radius 1 is 1.15 bits per heavy atom. The molecule has 0 saturated heterocycles. The van der Waals surface area contributed by atoms with E-state index >= 15 is 0 Å². The first-order valence-electron chi connectivity index (χ1n) is 8.73. The number of ether oxygens (including phenoxy) is 1. The number of anilines is 1. The number of amides is 2. The average Bonchev–Trinajstić information content (AvgIpc) is 2.64. The second-order valence-corrected chi connectivity index (χ2v) is 6.65. The average molecular weight is 354 g/mol. The molecule has 0 spiro atoms. The lowest BCUT2D eigenvalue weighted by Crippen LogP contribution is -3.06. The minimum Gasteiger partial charge on any atom is -0.482 e. The molecular formula is C20H24N3O3+. The highest BCUT2D eigenvalue weighted by Crippen LogP contribution is 2.32. The number of fused-ring (bicyclic) bond motifs is 1. The van der Waals surface area contributed by atoms with Gasteiger partial charge in [-0.1, -0.05) is 24.3 Å². The first-order chi connectivity index (χ1) is 12.5. The van der Waals surface area contributed by atoms with E-state index in [4.69, 9.17) is 4.74 Å². The summed E-state index contributed by atoms with van der Waals surface area (Å²) < 4.78 is 5.46. The lowest BCUT2D eigenvalue weighted by atomic mass is 10.1. The van der Waals surface area contributed by atoms with Gasteiger partial charge in [0.05, 0.1) is 39.4 Å². The van der Waals surface area contributed by atoms with E-state index in [2.05, 4.69) is 5.32 Å². The van der Waals surface area contributed by atoms with Gasteiger partial charge in [0.25, 0.3) is 11.8 Å². The van der Waals surface area contributed by atoms with Crippen LogP contribution in [-0.2, 0) is 11.3 Å². The summed E-state index contributed by atoms with van der Waals surface area (Å²) in [5.74, 6) is 0.563. The van der Waals surface area contributed by atoms with E-state index in [0.717, 1.165) is 17.8 Å². The van der Waals surface area contributed by atoms with Crippen molar-refractivity contribution in [3.05, 3.63) is 59.7 Å². The van der Waals surface area contributed by atoms with Gasteiger partial charge in [-0.15, -0.1) is 0 Å². The molecule has 2 amide bonds. The van der Waals surface area contributed by atoms with Crippen molar-refractivity contribution in [2.45, 2.75) is 6.54 Å². The Morgan fingerprint density at radius 2 is 1.88 bits per heavy atom. The van der Waals surface area contributed by atoms with E-state index < -0.39 is 0 Å². The van der Waals surface area contributed by atoms with Crippen molar-refractivity contribution in [3.63, 3.8) is 0 Å². The van der Waals surface area contributed by atoms with Crippen LogP contribution in [0.2, 0.25) is 0 Å². The molecule has 1 heterocycles. The monoisotopic (exact) mass is 354 g/mol. The van der Waals surface area contributed by atoms with E-state index in [9.17, 15) is 9.59 Å². The zero-order valence-electron chi connectivity index (χ0n) is 15.1. The van der Waals surface area contributed by atoms with Crippen molar-refractivity contribution in [1.82, 2.24) is 5.32 Å². The van der Waals surface area contributed by atoms with E-state index in [0.29, 0.717) is 24.4 Å². The molecule has 2 N–H and O–H groups in total. The second-order valence-electron chi connectivity index (χ2n) is 6.65. The second kappa shape index (κ2) is 8.01. The van der Waals surface area contributed by atoms with Gasteiger partial charge in [-0.2, -0.15) is 0 Å². The molecule has 0 atom stereocenters. The van der Waals surface area contributed by atoms with E-state index in [-0.39, 0.29) is 18.4 Å². The van der Waals surface area contributed by atoms with Gasteiger partial charge >= 0.3 is 0 Å². The molecule has 136 valence electrons. The number of rotatable bonds is 6. The van der Waals surface area contributed by atoms with E-state index in [1.54, 1.807) is 17.0 Å². The first kappa shape index (κ1) is 17.9. The molecule has 1 aliphatic rings. The topological polar surface area (TPSA) is 63.1 Å². The Balaban J connectivity index is 1.66. The SMILES string of the molecule is C[NH+](C)CCNC(=O)c1ccc(CN2C(=O)COc3ccccc32)cc1. The Morgan fingerprint density at radius 3 is 2.62 bits per heavy atom. The van der Waals surface area contributed by atoms with Gasteiger partial charge in [0.2, 0.25) is 0 Å².